The van der Waals surface area contributed by atoms with Gasteiger partial charge in [-0.05, 0) is 6.92 Å². The topological polar surface area (TPSA) is 58.7 Å². The maximum absolute atomic E-state index is 10.0. The van der Waals surface area contributed by atoms with Crippen molar-refractivity contribution >= 4 is 28.6 Å². The van der Waals surface area contributed by atoms with E-state index in [9.17, 15) is 4.79 Å². The second-order valence-corrected chi connectivity index (χ2v) is 3.10. The predicted molar refractivity (Wildman–Crippen MR) is 48.1 cm³/mol. The van der Waals surface area contributed by atoms with Crippen molar-refractivity contribution in [2.24, 2.45) is 10.8 Å². The molecule has 1 amide bonds. The minimum atomic E-state index is 0.499. The maximum atomic E-state index is 10.0. The fourth-order valence-electron chi connectivity index (χ4n) is 0.269. The van der Waals surface area contributed by atoms with Gasteiger partial charge in [0.1, 0.15) is 0 Å². The summed E-state index contributed by atoms with van der Waals surface area (Å²) in [6, 6.07) is 0. The highest BCUT2D eigenvalue weighted by atomic mass is 79.9. The van der Waals surface area contributed by atoms with Gasteiger partial charge in [-0.15, -0.1) is 0 Å². The first-order chi connectivity index (χ1) is 5.07. The SMILES string of the molecule is C/C(Br)=C(N)\C=N/N(C)C=O. The van der Waals surface area contributed by atoms with E-state index in [1.165, 1.54) is 13.3 Å². The summed E-state index contributed by atoms with van der Waals surface area (Å²) in [5, 5.41) is 4.82. The molecule has 2 N–H and O–H groups in total. The Morgan fingerprint density at radius 3 is 2.64 bits per heavy atom. The van der Waals surface area contributed by atoms with Gasteiger partial charge in [0.15, 0.2) is 0 Å². The lowest BCUT2D eigenvalue weighted by atomic mass is 10.5. The summed E-state index contributed by atoms with van der Waals surface area (Å²) in [7, 11) is 1.53. The van der Waals surface area contributed by atoms with Gasteiger partial charge in [-0.2, -0.15) is 5.10 Å². The van der Waals surface area contributed by atoms with Crippen molar-refractivity contribution in [3.05, 3.63) is 10.2 Å². The Morgan fingerprint density at radius 2 is 2.27 bits per heavy atom. The summed E-state index contributed by atoms with van der Waals surface area (Å²) in [5.74, 6) is 0. The van der Waals surface area contributed by atoms with Crippen molar-refractivity contribution in [3.63, 3.8) is 0 Å². The monoisotopic (exact) mass is 219 g/mol. The molecule has 4 nitrogen and oxygen atoms in total. The minimum absolute atomic E-state index is 0.499. The van der Waals surface area contributed by atoms with Crippen molar-refractivity contribution < 1.29 is 4.79 Å². The van der Waals surface area contributed by atoms with E-state index in [1.807, 2.05) is 0 Å². The highest BCUT2D eigenvalue weighted by Crippen LogP contribution is 2.03. The number of carbonyl (C=O) groups excluding carboxylic acids is 1. The fourth-order valence-corrected chi connectivity index (χ4v) is 0.372. The fraction of sp³-hybridized carbons (Fsp3) is 0.333. The molecule has 0 radical (unpaired) electrons. The van der Waals surface area contributed by atoms with Crippen LogP contribution in [0.25, 0.3) is 0 Å². The van der Waals surface area contributed by atoms with Crippen LogP contribution in [0.15, 0.2) is 15.3 Å². The number of allylic oxidation sites excluding steroid dienone is 2. The normalized spacial score (nSPS) is 13.0. The second-order valence-electron chi connectivity index (χ2n) is 1.91. The minimum Gasteiger partial charge on any atom is -0.397 e. The molecule has 0 heterocycles. The van der Waals surface area contributed by atoms with Crippen LogP contribution in [0.5, 0.6) is 0 Å². The highest BCUT2D eigenvalue weighted by Gasteiger charge is 1.89. The van der Waals surface area contributed by atoms with Crippen molar-refractivity contribution in [1.29, 1.82) is 0 Å². The summed E-state index contributed by atoms with van der Waals surface area (Å²) < 4.78 is 0.792. The third-order valence-electron chi connectivity index (χ3n) is 0.929. The molecule has 0 aromatic carbocycles. The van der Waals surface area contributed by atoms with E-state index in [1.54, 1.807) is 6.92 Å². The zero-order chi connectivity index (χ0) is 8.85. The van der Waals surface area contributed by atoms with Gasteiger partial charge in [-0.1, -0.05) is 15.9 Å². The number of rotatable bonds is 3. The lowest BCUT2D eigenvalue weighted by molar-refractivity contribution is -0.116. The van der Waals surface area contributed by atoms with Crippen molar-refractivity contribution in [3.8, 4) is 0 Å². The number of carbonyl (C=O) groups is 1. The number of nitrogens with two attached hydrogens (primary N) is 1. The smallest absolute Gasteiger partial charge is 0.229 e. The van der Waals surface area contributed by atoms with Gasteiger partial charge in [0.05, 0.1) is 11.9 Å². The average Bonchev–Trinajstić information content (AvgIpc) is 1.99. The lowest BCUT2D eigenvalue weighted by Crippen LogP contribution is -2.09. The number of hydrogen-bond donors (Lipinski definition) is 1. The van der Waals surface area contributed by atoms with Gasteiger partial charge >= 0.3 is 0 Å². The molecular weight excluding hydrogens is 210 g/mol. The Labute approximate surface area is 73.9 Å². The van der Waals surface area contributed by atoms with Crippen LogP contribution in [0.4, 0.5) is 0 Å². The van der Waals surface area contributed by atoms with Crippen LogP contribution in [-0.4, -0.2) is 24.7 Å². The summed E-state index contributed by atoms with van der Waals surface area (Å²) in [6.07, 6.45) is 1.99. The third-order valence-corrected chi connectivity index (χ3v) is 1.39. The molecule has 0 rings (SSSR count). The molecule has 0 aliphatic rings. The van der Waals surface area contributed by atoms with E-state index in [0.29, 0.717) is 12.1 Å². The first kappa shape index (κ1) is 10.2. The van der Waals surface area contributed by atoms with E-state index >= 15 is 0 Å². The van der Waals surface area contributed by atoms with Crippen molar-refractivity contribution in [1.82, 2.24) is 5.01 Å². The maximum Gasteiger partial charge on any atom is 0.229 e. The van der Waals surface area contributed by atoms with Crippen LogP contribution in [0.1, 0.15) is 6.92 Å². The summed E-state index contributed by atoms with van der Waals surface area (Å²) in [6.45, 7) is 1.79. The van der Waals surface area contributed by atoms with Crippen molar-refractivity contribution in [2.45, 2.75) is 6.92 Å². The predicted octanol–water partition coefficient (Wildman–Crippen LogP) is 0.646. The van der Waals surface area contributed by atoms with Gasteiger partial charge in [0, 0.05) is 11.5 Å². The average molecular weight is 220 g/mol. The molecule has 0 saturated heterocycles. The van der Waals surface area contributed by atoms with Gasteiger partial charge in [-0.3, -0.25) is 4.79 Å². The molecule has 5 heteroatoms. The number of halogens is 1. The highest BCUT2D eigenvalue weighted by molar-refractivity contribution is 9.11. The van der Waals surface area contributed by atoms with Crippen LogP contribution in [-0.2, 0) is 4.79 Å². The molecule has 0 fully saturated rings. The van der Waals surface area contributed by atoms with Gasteiger partial charge in [0.2, 0.25) is 6.41 Å². The molecule has 0 spiro atoms. The largest absolute Gasteiger partial charge is 0.397 e. The summed E-state index contributed by atoms with van der Waals surface area (Å²) in [5.41, 5.74) is 5.96. The molecule has 0 unspecified atom stereocenters. The molecule has 11 heavy (non-hydrogen) atoms. The Bertz CT molecular complexity index is 196. The number of nitrogens with zero attached hydrogens (tertiary/aromatic N) is 2. The van der Waals surface area contributed by atoms with Gasteiger partial charge in [-0.25, -0.2) is 5.01 Å². The van der Waals surface area contributed by atoms with E-state index in [2.05, 4.69) is 21.0 Å². The molecule has 0 bridgehead atoms. The molecule has 0 saturated carbocycles. The second kappa shape index (κ2) is 4.90. The van der Waals surface area contributed by atoms with Crippen LogP contribution < -0.4 is 5.73 Å². The lowest BCUT2D eigenvalue weighted by Gasteiger charge is -2.00. The first-order valence-corrected chi connectivity index (χ1v) is 3.71. The molecule has 0 atom stereocenters. The molecule has 0 aromatic rings. The zero-order valence-corrected chi connectivity index (χ0v) is 8.00. The zero-order valence-electron chi connectivity index (χ0n) is 6.41. The Morgan fingerprint density at radius 1 is 1.73 bits per heavy atom. The van der Waals surface area contributed by atoms with Crippen LogP contribution >= 0.6 is 15.9 Å². The molecule has 0 aliphatic heterocycles. The van der Waals surface area contributed by atoms with Crippen LogP contribution in [0.3, 0.4) is 0 Å². The van der Waals surface area contributed by atoms with Gasteiger partial charge in [0.25, 0.3) is 0 Å². The van der Waals surface area contributed by atoms with E-state index in [4.69, 9.17) is 5.73 Å². The van der Waals surface area contributed by atoms with E-state index in [0.717, 1.165) is 9.49 Å². The standard InChI is InChI=1S/C6H10BrN3O/c1-5(7)6(8)3-9-10(2)4-11/h3-4H,8H2,1-2H3/b6-5-,9-3-. The molecule has 0 aromatic heterocycles. The Balaban J connectivity index is 4.14. The van der Waals surface area contributed by atoms with Crippen LogP contribution in [0.2, 0.25) is 0 Å². The number of hydrazone groups is 1. The number of hydrogen-bond acceptors (Lipinski definition) is 3. The number of amides is 1. The van der Waals surface area contributed by atoms with E-state index in [-0.39, 0.29) is 0 Å². The van der Waals surface area contributed by atoms with Gasteiger partial charge < -0.3 is 5.73 Å². The van der Waals surface area contributed by atoms with Crippen LogP contribution in [0, 0.1) is 0 Å². The third kappa shape index (κ3) is 4.55. The summed E-state index contributed by atoms with van der Waals surface area (Å²) >= 11 is 3.17. The van der Waals surface area contributed by atoms with E-state index < -0.39 is 0 Å². The quantitative estimate of drug-likeness (QED) is 0.431. The molecular formula is C6H10BrN3O. The molecule has 0 aliphatic carbocycles. The Kier molecular flexibility index (Phi) is 4.52. The Hall–Kier alpha value is -0.840. The molecule has 62 valence electrons. The summed E-state index contributed by atoms with van der Waals surface area (Å²) in [4.78, 5) is 10.0. The first-order valence-electron chi connectivity index (χ1n) is 2.92. The van der Waals surface area contributed by atoms with Crippen molar-refractivity contribution in [2.75, 3.05) is 7.05 Å².